The molecule has 0 atom stereocenters. The van der Waals surface area contributed by atoms with Gasteiger partial charge in [0.15, 0.2) is 0 Å². The van der Waals surface area contributed by atoms with Crippen LogP contribution in [0, 0.1) is 0 Å². The van der Waals surface area contributed by atoms with Gasteiger partial charge in [-0.3, -0.25) is 0 Å². The van der Waals surface area contributed by atoms with E-state index in [1.807, 2.05) is 11.8 Å². The Balaban J connectivity index is 1.97. The molecule has 1 aliphatic heterocycles. The van der Waals surface area contributed by atoms with Crippen molar-refractivity contribution in [3.05, 3.63) is 29.8 Å². The minimum Gasteiger partial charge on any atom is -0.371 e. The van der Waals surface area contributed by atoms with E-state index in [0.29, 0.717) is 4.75 Å². The molecule has 0 amide bonds. The molecule has 0 bridgehead atoms. The first-order chi connectivity index (χ1) is 10.2. The van der Waals surface area contributed by atoms with Crippen molar-refractivity contribution in [2.75, 3.05) is 30.8 Å². The summed E-state index contributed by atoms with van der Waals surface area (Å²) in [5.41, 5.74) is 2.88. The summed E-state index contributed by atoms with van der Waals surface area (Å²) in [6.45, 7) is 9.12. The molecule has 0 unspecified atom stereocenters. The Bertz CT molecular complexity index is 415. The molecule has 21 heavy (non-hydrogen) atoms. The Morgan fingerprint density at radius 3 is 2.43 bits per heavy atom. The number of nitrogens with one attached hydrogen (secondary N) is 1. The van der Waals surface area contributed by atoms with Gasteiger partial charge >= 0.3 is 0 Å². The van der Waals surface area contributed by atoms with Gasteiger partial charge in [-0.05, 0) is 43.6 Å². The molecule has 2 nitrogen and oxygen atoms in total. The highest BCUT2D eigenvalue weighted by molar-refractivity contribution is 8.00. The maximum absolute atomic E-state index is 3.71. The summed E-state index contributed by atoms with van der Waals surface area (Å²) in [7, 11) is 0. The molecule has 1 aliphatic rings. The number of nitrogens with zero attached hydrogens (tertiary/aromatic N) is 1. The molecule has 0 aliphatic carbocycles. The first-order valence-electron chi connectivity index (χ1n) is 8.33. The Labute approximate surface area is 134 Å². The van der Waals surface area contributed by atoms with Crippen LogP contribution in [0.5, 0.6) is 0 Å². The van der Waals surface area contributed by atoms with E-state index in [4.69, 9.17) is 0 Å². The molecule has 1 aromatic carbocycles. The van der Waals surface area contributed by atoms with E-state index >= 15 is 0 Å². The van der Waals surface area contributed by atoms with Gasteiger partial charge in [0.05, 0.1) is 0 Å². The largest absolute Gasteiger partial charge is 0.371 e. The lowest BCUT2D eigenvalue weighted by atomic mass is 10.0. The first kappa shape index (κ1) is 16.7. The zero-order valence-electron chi connectivity index (χ0n) is 13.8. The molecule has 2 rings (SSSR count). The van der Waals surface area contributed by atoms with Gasteiger partial charge in [0, 0.05) is 36.6 Å². The number of hydrogen-bond acceptors (Lipinski definition) is 3. The van der Waals surface area contributed by atoms with E-state index in [1.165, 1.54) is 50.0 Å². The third-order valence-electron chi connectivity index (χ3n) is 4.92. The quantitative estimate of drug-likeness (QED) is 0.771. The fraction of sp³-hybridized carbons (Fsp3) is 0.667. The van der Waals surface area contributed by atoms with Gasteiger partial charge in [-0.1, -0.05) is 32.0 Å². The Morgan fingerprint density at radius 2 is 1.81 bits per heavy atom. The van der Waals surface area contributed by atoms with Gasteiger partial charge in [-0.25, -0.2) is 0 Å². The van der Waals surface area contributed by atoms with Crippen molar-refractivity contribution in [2.45, 2.75) is 50.8 Å². The highest BCUT2D eigenvalue weighted by Crippen LogP contribution is 2.30. The Hall–Kier alpha value is -0.670. The van der Waals surface area contributed by atoms with Crippen molar-refractivity contribution in [3.8, 4) is 0 Å². The van der Waals surface area contributed by atoms with Crippen LogP contribution >= 0.6 is 11.8 Å². The van der Waals surface area contributed by atoms with Crippen LogP contribution in [0.4, 0.5) is 5.69 Å². The summed E-state index contributed by atoms with van der Waals surface area (Å²) >= 11 is 2.01. The van der Waals surface area contributed by atoms with Crippen LogP contribution in [0.25, 0.3) is 0 Å². The molecule has 1 aromatic rings. The van der Waals surface area contributed by atoms with Crippen LogP contribution in [0.2, 0.25) is 0 Å². The average Bonchev–Trinajstić information content (AvgIpc) is 3.07. The van der Waals surface area contributed by atoms with E-state index in [0.717, 1.165) is 13.1 Å². The second-order valence-corrected chi connectivity index (χ2v) is 7.29. The Kier molecular flexibility index (Phi) is 6.43. The lowest BCUT2D eigenvalue weighted by Crippen LogP contribution is -2.36. The van der Waals surface area contributed by atoms with E-state index in [-0.39, 0.29) is 0 Å². The van der Waals surface area contributed by atoms with Crippen LogP contribution in [0.1, 0.15) is 45.1 Å². The highest BCUT2D eigenvalue weighted by atomic mass is 32.2. The lowest BCUT2D eigenvalue weighted by molar-refractivity contribution is 0.495. The third-order valence-corrected chi connectivity index (χ3v) is 6.51. The highest BCUT2D eigenvalue weighted by Gasteiger charge is 2.24. The van der Waals surface area contributed by atoms with Gasteiger partial charge < -0.3 is 10.2 Å². The smallest absolute Gasteiger partial charge is 0.0411 e. The SMILES string of the molecule is CCC(CC)(CNCc1ccccc1N1CCCC1)SC. The maximum atomic E-state index is 3.71. The molecule has 0 aromatic heterocycles. The van der Waals surface area contributed by atoms with Crippen molar-refractivity contribution in [1.82, 2.24) is 5.32 Å². The van der Waals surface area contributed by atoms with E-state index in [9.17, 15) is 0 Å². The predicted octanol–water partition coefficient (Wildman–Crippen LogP) is 4.30. The summed E-state index contributed by atoms with van der Waals surface area (Å²) in [6.07, 6.45) is 7.37. The zero-order valence-corrected chi connectivity index (χ0v) is 14.6. The predicted molar refractivity (Wildman–Crippen MR) is 96.4 cm³/mol. The van der Waals surface area contributed by atoms with Crippen molar-refractivity contribution in [2.24, 2.45) is 0 Å². The van der Waals surface area contributed by atoms with Crippen LogP contribution in [0.15, 0.2) is 24.3 Å². The zero-order chi connectivity index (χ0) is 15.1. The normalized spacial score (nSPS) is 15.7. The summed E-state index contributed by atoms with van der Waals surface area (Å²) in [5, 5.41) is 3.71. The number of anilines is 1. The van der Waals surface area contributed by atoms with Crippen molar-refractivity contribution < 1.29 is 0 Å². The molecule has 1 heterocycles. The van der Waals surface area contributed by atoms with Gasteiger partial charge in [0.2, 0.25) is 0 Å². The average molecular weight is 307 g/mol. The lowest BCUT2D eigenvalue weighted by Gasteiger charge is -2.30. The molecular formula is C18H30N2S. The van der Waals surface area contributed by atoms with Crippen molar-refractivity contribution >= 4 is 17.4 Å². The van der Waals surface area contributed by atoms with Gasteiger partial charge in [-0.15, -0.1) is 0 Å². The van der Waals surface area contributed by atoms with Crippen LogP contribution in [-0.4, -0.2) is 30.6 Å². The van der Waals surface area contributed by atoms with Gasteiger partial charge in [-0.2, -0.15) is 11.8 Å². The maximum Gasteiger partial charge on any atom is 0.0411 e. The second-order valence-electron chi connectivity index (χ2n) is 6.02. The summed E-state index contributed by atoms with van der Waals surface area (Å²) in [6, 6.07) is 8.89. The molecule has 0 saturated carbocycles. The van der Waals surface area contributed by atoms with Gasteiger partial charge in [0.25, 0.3) is 0 Å². The molecule has 1 saturated heterocycles. The monoisotopic (exact) mass is 306 g/mol. The minimum atomic E-state index is 0.391. The molecule has 1 N–H and O–H groups in total. The van der Waals surface area contributed by atoms with Crippen LogP contribution < -0.4 is 10.2 Å². The topological polar surface area (TPSA) is 15.3 Å². The van der Waals surface area contributed by atoms with E-state index in [2.05, 4.69) is 54.6 Å². The third kappa shape index (κ3) is 4.17. The summed E-state index contributed by atoms with van der Waals surface area (Å²) in [4.78, 5) is 2.54. The number of hydrogen-bond donors (Lipinski definition) is 1. The number of para-hydroxylation sites is 1. The standard InChI is InChI=1S/C18H30N2S/c1-4-18(5-2,21-3)15-19-14-16-10-6-7-11-17(16)20-12-8-9-13-20/h6-7,10-11,19H,4-5,8-9,12-15H2,1-3H3. The van der Waals surface area contributed by atoms with Crippen molar-refractivity contribution in [3.63, 3.8) is 0 Å². The first-order valence-corrected chi connectivity index (χ1v) is 9.56. The fourth-order valence-corrected chi connectivity index (χ4v) is 4.04. The van der Waals surface area contributed by atoms with Gasteiger partial charge in [0.1, 0.15) is 0 Å². The molecule has 118 valence electrons. The van der Waals surface area contributed by atoms with Crippen LogP contribution in [0.3, 0.4) is 0 Å². The number of benzene rings is 1. The molecule has 0 spiro atoms. The number of thioether (sulfide) groups is 1. The molecule has 0 radical (unpaired) electrons. The van der Waals surface area contributed by atoms with E-state index in [1.54, 1.807) is 0 Å². The fourth-order valence-electron chi connectivity index (χ4n) is 3.21. The molecule has 3 heteroatoms. The summed E-state index contributed by atoms with van der Waals surface area (Å²) in [5.74, 6) is 0. The Morgan fingerprint density at radius 1 is 1.14 bits per heavy atom. The summed E-state index contributed by atoms with van der Waals surface area (Å²) < 4.78 is 0.391. The van der Waals surface area contributed by atoms with Crippen molar-refractivity contribution in [1.29, 1.82) is 0 Å². The second kappa shape index (κ2) is 8.09. The van der Waals surface area contributed by atoms with E-state index < -0.39 is 0 Å². The van der Waals surface area contributed by atoms with Crippen LogP contribution in [-0.2, 0) is 6.54 Å². The number of rotatable bonds is 8. The molecular weight excluding hydrogens is 276 g/mol. The molecule has 1 fully saturated rings. The minimum absolute atomic E-state index is 0.391.